The van der Waals surface area contributed by atoms with Crippen LogP contribution >= 0.6 is 0 Å². The Hall–Kier alpha value is -1.75. The number of phenols is 2. The molecule has 0 saturated carbocycles. The summed E-state index contributed by atoms with van der Waals surface area (Å²) in [6.07, 6.45) is 0. The lowest BCUT2D eigenvalue weighted by Crippen LogP contribution is -2.31. The van der Waals surface area contributed by atoms with Gasteiger partial charge in [-0.2, -0.15) is 0 Å². The van der Waals surface area contributed by atoms with Crippen LogP contribution in [0.3, 0.4) is 0 Å². The van der Waals surface area contributed by atoms with Gasteiger partial charge in [0.05, 0.1) is 0 Å². The third-order valence-electron chi connectivity index (χ3n) is 1.94. The number of ether oxygens (including phenoxy) is 1. The number of aromatic hydroxyl groups is 2. The molecule has 0 unspecified atom stereocenters. The SMILES string of the molecule is Cc1c(OC(=O)[C@H](C)N)ccc(O)c1O. The van der Waals surface area contributed by atoms with Crippen LogP contribution in [0.15, 0.2) is 12.1 Å². The zero-order valence-electron chi connectivity index (χ0n) is 8.52. The first-order chi connectivity index (χ1) is 6.93. The van der Waals surface area contributed by atoms with Crippen molar-refractivity contribution >= 4 is 5.97 Å². The average Bonchev–Trinajstić information content (AvgIpc) is 2.18. The molecule has 1 atom stereocenters. The van der Waals surface area contributed by atoms with E-state index in [0.717, 1.165) is 0 Å². The third-order valence-corrected chi connectivity index (χ3v) is 1.94. The van der Waals surface area contributed by atoms with Crippen molar-refractivity contribution in [3.63, 3.8) is 0 Å². The molecule has 0 amide bonds. The van der Waals surface area contributed by atoms with Crippen LogP contribution in [0.1, 0.15) is 12.5 Å². The van der Waals surface area contributed by atoms with E-state index in [1.807, 2.05) is 0 Å². The summed E-state index contributed by atoms with van der Waals surface area (Å²) in [5.74, 6) is -0.964. The molecule has 0 spiro atoms. The Morgan fingerprint density at radius 2 is 2.07 bits per heavy atom. The van der Waals surface area contributed by atoms with Gasteiger partial charge in [-0.05, 0) is 26.0 Å². The Balaban J connectivity index is 2.97. The second-order valence-electron chi connectivity index (χ2n) is 3.27. The molecule has 82 valence electrons. The number of hydrogen-bond donors (Lipinski definition) is 3. The number of carbonyl (C=O) groups excluding carboxylic acids is 1. The molecule has 1 aromatic carbocycles. The van der Waals surface area contributed by atoms with Crippen molar-refractivity contribution in [2.45, 2.75) is 19.9 Å². The molecule has 5 heteroatoms. The van der Waals surface area contributed by atoms with E-state index < -0.39 is 12.0 Å². The maximum absolute atomic E-state index is 11.2. The molecule has 0 radical (unpaired) electrons. The smallest absolute Gasteiger partial charge is 0.328 e. The molecular weight excluding hydrogens is 198 g/mol. The lowest BCUT2D eigenvalue weighted by atomic mass is 10.2. The molecule has 0 aliphatic rings. The molecule has 15 heavy (non-hydrogen) atoms. The molecule has 4 N–H and O–H groups in total. The lowest BCUT2D eigenvalue weighted by molar-refractivity contribution is -0.135. The van der Waals surface area contributed by atoms with Gasteiger partial charge in [-0.25, -0.2) is 4.79 Å². The van der Waals surface area contributed by atoms with Gasteiger partial charge in [0.15, 0.2) is 11.5 Å². The number of rotatable bonds is 2. The van der Waals surface area contributed by atoms with Crippen molar-refractivity contribution in [3.8, 4) is 17.2 Å². The highest BCUT2D eigenvalue weighted by atomic mass is 16.5. The monoisotopic (exact) mass is 211 g/mol. The summed E-state index contributed by atoms with van der Waals surface area (Å²) >= 11 is 0. The lowest BCUT2D eigenvalue weighted by Gasteiger charge is -2.10. The van der Waals surface area contributed by atoms with Crippen molar-refractivity contribution in [2.75, 3.05) is 0 Å². The first kappa shape index (κ1) is 11.3. The highest BCUT2D eigenvalue weighted by molar-refractivity contribution is 5.78. The number of nitrogens with two attached hydrogens (primary N) is 1. The first-order valence-electron chi connectivity index (χ1n) is 4.42. The van der Waals surface area contributed by atoms with Crippen LogP contribution in [-0.4, -0.2) is 22.2 Å². The Kier molecular flexibility index (Phi) is 3.16. The number of carbonyl (C=O) groups is 1. The molecule has 0 fully saturated rings. The van der Waals surface area contributed by atoms with Gasteiger partial charge in [-0.1, -0.05) is 0 Å². The summed E-state index contributed by atoms with van der Waals surface area (Å²) in [6, 6.07) is 1.90. The fourth-order valence-corrected chi connectivity index (χ4v) is 0.979. The van der Waals surface area contributed by atoms with Crippen molar-refractivity contribution < 1.29 is 19.7 Å². The van der Waals surface area contributed by atoms with Crippen molar-refractivity contribution in [3.05, 3.63) is 17.7 Å². The highest BCUT2D eigenvalue weighted by Gasteiger charge is 2.14. The average molecular weight is 211 g/mol. The second-order valence-corrected chi connectivity index (χ2v) is 3.27. The summed E-state index contributed by atoms with van der Waals surface area (Å²) < 4.78 is 4.91. The van der Waals surface area contributed by atoms with E-state index in [-0.39, 0.29) is 17.2 Å². The Morgan fingerprint density at radius 1 is 1.47 bits per heavy atom. The van der Waals surface area contributed by atoms with Gasteiger partial charge >= 0.3 is 5.97 Å². The van der Waals surface area contributed by atoms with Gasteiger partial charge in [0, 0.05) is 5.56 Å². The number of benzene rings is 1. The predicted molar refractivity (Wildman–Crippen MR) is 53.8 cm³/mol. The minimum absolute atomic E-state index is 0.188. The highest BCUT2D eigenvalue weighted by Crippen LogP contribution is 2.34. The van der Waals surface area contributed by atoms with Gasteiger partial charge in [-0.15, -0.1) is 0 Å². The predicted octanol–water partition coefficient (Wildman–Crippen LogP) is 0.659. The molecule has 0 heterocycles. The van der Waals surface area contributed by atoms with Crippen LogP contribution in [0.2, 0.25) is 0 Å². The number of hydrogen-bond acceptors (Lipinski definition) is 5. The minimum atomic E-state index is -0.736. The maximum Gasteiger partial charge on any atom is 0.328 e. The van der Waals surface area contributed by atoms with Crippen molar-refractivity contribution in [1.82, 2.24) is 0 Å². The summed E-state index contributed by atoms with van der Waals surface area (Å²) in [6.45, 7) is 3.02. The van der Waals surface area contributed by atoms with Crippen molar-refractivity contribution in [2.24, 2.45) is 5.73 Å². The standard InChI is InChI=1S/C10H13NO4/c1-5-8(15-10(14)6(2)11)4-3-7(12)9(5)13/h3-4,6,12-13H,11H2,1-2H3/t6-/m0/s1. The topological polar surface area (TPSA) is 92.8 Å². The van der Waals surface area contributed by atoms with E-state index in [2.05, 4.69) is 0 Å². The molecular formula is C10H13NO4. The summed E-state index contributed by atoms with van der Waals surface area (Å²) in [5.41, 5.74) is 5.61. The zero-order chi connectivity index (χ0) is 11.6. The maximum atomic E-state index is 11.2. The largest absolute Gasteiger partial charge is 0.504 e. The quantitative estimate of drug-likeness (QED) is 0.379. The van der Waals surface area contributed by atoms with Crippen LogP contribution < -0.4 is 10.5 Å². The fraction of sp³-hybridized carbons (Fsp3) is 0.300. The van der Waals surface area contributed by atoms with Gasteiger partial charge in [0.1, 0.15) is 11.8 Å². The van der Waals surface area contributed by atoms with Gasteiger partial charge < -0.3 is 20.7 Å². The fourth-order valence-electron chi connectivity index (χ4n) is 0.979. The summed E-state index contributed by atoms with van der Waals surface area (Å²) in [7, 11) is 0. The van der Waals surface area contributed by atoms with E-state index in [0.29, 0.717) is 5.56 Å². The second kappa shape index (κ2) is 4.18. The van der Waals surface area contributed by atoms with Gasteiger partial charge in [0.25, 0.3) is 0 Å². The van der Waals surface area contributed by atoms with E-state index in [9.17, 15) is 9.90 Å². The summed E-state index contributed by atoms with van der Waals surface area (Å²) in [5, 5.41) is 18.5. The molecule has 0 saturated heterocycles. The van der Waals surface area contributed by atoms with E-state index in [1.165, 1.54) is 26.0 Å². The van der Waals surface area contributed by atoms with Crippen molar-refractivity contribution in [1.29, 1.82) is 0 Å². The van der Waals surface area contributed by atoms with Crippen LogP contribution in [0.5, 0.6) is 17.2 Å². The van der Waals surface area contributed by atoms with Crippen LogP contribution in [0.4, 0.5) is 0 Å². The number of esters is 1. The molecule has 5 nitrogen and oxygen atoms in total. The van der Waals surface area contributed by atoms with Gasteiger partial charge in [0.2, 0.25) is 0 Å². The van der Waals surface area contributed by atoms with E-state index in [4.69, 9.17) is 15.6 Å². The first-order valence-corrected chi connectivity index (χ1v) is 4.42. The normalized spacial score (nSPS) is 12.2. The van der Waals surface area contributed by atoms with Gasteiger partial charge in [-0.3, -0.25) is 0 Å². The minimum Gasteiger partial charge on any atom is -0.504 e. The Bertz CT molecular complexity index is 387. The molecule has 0 bridgehead atoms. The Labute approximate surface area is 87.1 Å². The molecule has 1 rings (SSSR count). The molecule has 1 aromatic rings. The van der Waals surface area contributed by atoms with Crippen LogP contribution in [-0.2, 0) is 4.79 Å². The van der Waals surface area contributed by atoms with E-state index >= 15 is 0 Å². The summed E-state index contributed by atoms with van der Waals surface area (Å²) in [4.78, 5) is 11.2. The van der Waals surface area contributed by atoms with Crippen LogP contribution in [0.25, 0.3) is 0 Å². The molecule has 0 aliphatic carbocycles. The van der Waals surface area contributed by atoms with E-state index in [1.54, 1.807) is 0 Å². The molecule has 0 aromatic heterocycles. The zero-order valence-corrected chi connectivity index (χ0v) is 8.52. The van der Waals surface area contributed by atoms with Crippen LogP contribution in [0, 0.1) is 6.92 Å². The number of phenolic OH excluding ortho intramolecular Hbond substituents is 2. The molecule has 0 aliphatic heterocycles. The third kappa shape index (κ3) is 2.38. The Morgan fingerprint density at radius 3 is 2.60 bits per heavy atom.